The predicted molar refractivity (Wildman–Crippen MR) is 113 cm³/mol. The zero-order valence-corrected chi connectivity index (χ0v) is 18.1. The van der Waals surface area contributed by atoms with Crippen LogP contribution in [0.5, 0.6) is 0 Å². The molecule has 0 aliphatic heterocycles. The molecular weight excluding hydrogens is 483 g/mol. The molecular formula is C17H26BrIN4O. The standard InChI is InChI=1S/C17H25BrN4O.HI/c1-19-17(20-11-5-8-16(23)21-14-9-10-14)22(2)12-13-6-3-4-7-15(13)18;/h3-4,6-7,14H,5,8-12H2,1-2H3,(H,19,20)(H,21,23);1H. The van der Waals surface area contributed by atoms with Crippen molar-refractivity contribution in [3.05, 3.63) is 34.3 Å². The Balaban J connectivity index is 0.00000288. The number of rotatable bonds is 7. The van der Waals surface area contributed by atoms with E-state index in [2.05, 4.69) is 42.5 Å². The van der Waals surface area contributed by atoms with Crippen LogP contribution in [0.15, 0.2) is 33.7 Å². The molecule has 0 bridgehead atoms. The molecule has 0 saturated heterocycles. The van der Waals surface area contributed by atoms with Gasteiger partial charge in [0.2, 0.25) is 5.91 Å². The highest BCUT2D eigenvalue weighted by atomic mass is 127. The maximum absolute atomic E-state index is 11.6. The first kappa shape index (κ1) is 21.2. The Labute approximate surface area is 169 Å². The Kier molecular flexibility index (Phi) is 9.65. The largest absolute Gasteiger partial charge is 0.356 e. The number of aliphatic imine (C=N–C) groups is 1. The fourth-order valence-corrected chi connectivity index (χ4v) is 2.73. The van der Waals surface area contributed by atoms with E-state index in [4.69, 9.17) is 0 Å². The van der Waals surface area contributed by atoms with Crippen LogP contribution in [0.2, 0.25) is 0 Å². The highest BCUT2D eigenvalue weighted by Gasteiger charge is 2.22. The Morgan fingerprint density at radius 1 is 1.38 bits per heavy atom. The van der Waals surface area contributed by atoms with Crippen molar-refractivity contribution in [3.63, 3.8) is 0 Å². The monoisotopic (exact) mass is 508 g/mol. The SMILES string of the molecule is CN=C(NCCCC(=O)NC1CC1)N(C)Cc1ccccc1Br.I. The fraction of sp³-hybridized carbons (Fsp3) is 0.529. The van der Waals surface area contributed by atoms with Crippen molar-refractivity contribution < 1.29 is 4.79 Å². The van der Waals surface area contributed by atoms with Gasteiger partial charge in [-0.3, -0.25) is 9.79 Å². The molecule has 1 aliphatic rings. The van der Waals surface area contributed by atoms with E-state index in [0.717, 1.165) is 42.8 Å². The average Bonchev–Trinajstić information content (AvgIpc) is 3.33. The Bertz CT molecular complexity index is 563. The van der Waals surface area contributed by atoms with Crippen LogP contribution in [0, 0.1) is 0 Å². The van der Waals surface area contributed by atoms with Crippen LogP contribution in [-0.2, 0) is 11.3 Å². The van der Waals surface area contributed by atoms with Crippen LogP contribution < -0.4 is 10.6 Å². The van der Waals surface area contributed by atoms with Crippen LogP contribution in [0.1, 0.15) is 31.2 Å². The average molecular weight is 509 g/mol. The van der Waals surface area contributed by atoms with E-state index in [0.29, 0.717) is 12.5 Å². The highest BCUT2D eigenvalue weighted by Crippen LogP contribution is 2.19. The van der Waals surface area contributed by atoms with Gasteiger partial charge in [-0.25, -0.2) is 0 Å². The van der Waals surface area contributed by atoms with Crippen LogP contribution >= 0.6 is 39.9 Å². The summed E-state index contributed by atoms with van der Waals surface area (Å²) in [4.78, 5) is 18.0. The van der Waals surface area contributed by atoms with Gasteiger partial charge in [0, 0.05) is 44.1 Å². The lowest BCUT2D eigenvalue weighted by molar-refractivity contribution is -0.121. The number of benzene rings is 1. The normalized spacial score (nSPS) is 13.9. The molecule has 1 aromatic rings. The van der Waals surface area contributed by atoms with E-state index < -0.39 is 0 Å². The lowest BCUT2D eigenvalue weighted by Gasteiger charge is -2.22. The summed E-state index contributed by atoms with van der Waals surface area (Å²) in [7, 11) is 3.78. The van der Waals surface area contributed by atoms with Crippen LogP contribution in [0.3, 0.4) is 0 Å². The van der Waals surface area contributed by atoms with Gasteiger partial charge in [0.25, 0.3) is 0 Å². The molecule has 1 amide bonds. The summed E-state index contributed by atoms with van der Waals surface area (Å²) in [6, 6.07) is 8.61. The molecule has 0 heterocycles. The second kappa shape index (κ2) is 10.9. The molecule has 1 saturated carbocycles. The van der Waals surface area contributed by atoms with Gasteiger partial charge in [0.15, 0.2) is 5.96 Å². The number of hydrogen-bond donors (Lipinski definition) is 2. The minimum atomic E-state index is 0. The zero-order chi connectivity index (χ0) is 16.7. The first-order chi connectivity index (χ1) is 11.1. The lowest BCUT2D eigenvalue weighted by Crippen LogP contribution is -2.39. The molecule has 0 unspecified atom stereocenters. The highest BCUT2D eigenvalue weighted by molar-refractivity contribution is 14.0. The number of nitrogens with zero attached hydrogens (tertiary/aromatic N) is 2. The number of carbonyl (C=O) groups is 1. The topological polar surface area (TPSA) is 56.7 Å². The summed E-state index contributed by atoms with van der Waals surface area (Å²) in [6.07, 6.45) is 3.64. The molecule has 2 rings (SSSR count). The second-order valence-electron chi connectivity index (χ2n) is 5.87. The van der Waals surface area contributed by atoms with Gasteiger partial charge in [0.1, 0.15) is 0 Å². The molecule has 5 nitrogen and oxygen atoms in total. The van der Waals surface area contributed by atoms with Gasteiger partial charge in [-0.1, -0.05) is 34.1 Å². The summed E-state index contributed by atoms with van der Waals surface area (Å²) in [5.41, 5.74) is 1.21. The van der Waals surface area contributed by atoms with Crippen LogP contribution in [-0.4, -0.2) is 43.4 Å². The van der Waals surface area contributed by atoms with Crippen molar-refractivity contribution in [2.45, 2.75) is 38.3 Å². The third-order valence-electron chi connectivity index (χ3n) is 3.74. The van der Waals surface area contributed by atoms with Crippen LogP contribution in [0.4, 0.5) is 0 Å². The lowest BCUT2D eigenvalue weighted by atomic mass is 10.2. The number of carbonyl (C=O) groups excluding carboxylic acids is 1. The van der Waals surface area contributed by atoms with Crippen molar-refractivity contribution in [1.29, 1.82) is 0 Å². The summed E-state index contributed by atoms with van der Waals surface area (Å²) in [6.45, 7) is 1.51. The van der Waals surface area contributed by atoms with Crippen molar-refractivity contribution in [2.24, 2.45) is 4.99 Å². The quantitative estimate of drug-likeness (QED) is 0.257. The molecule has 2 N–H and O–H groups in total. The molecule has 24 heavy (non-hydrogen) atoms. The number of halogens is 2. The molecule has 0 spiro atoms. The smallest absolute Gasteiger partial charge is 0.220 e. The summed E-state index contributed by atoms with van der Waals surface area (Å²) >= 11 is 3.57. The molecule has 1 aromatic carbocycles. The Hall–Kier alpha value is -0.830. The van der Waals surface area contributed by atoms with E-state index in [1.807, 2.05) is 25.2 Å². The molecule has 7 heteroatoms. The van der Waals surface area contributed by atoms with E-state index >= 15 is 0 Å². The zero-order valence-electron chi connectivity index (χ0n) is 14.2. The second-order valence-corrected chi connectivity index (χ2v) is 6.72. The van der Waals surface area contributed by atoms with E-state index in [-0.39, 0.29) is 29.9 Å². The van der Waals surface area contributed by atoms with Gasteiger partial charge in [0.05, 0.1) is 0 Å². The van der Waals surface area contributed by atoms with E-state index in [1.165, 1.54) is 5.56 Å². The minimum absolute atomic E-state index is 0. The molecule has 1 fully saturated rings. The summed E-state index contributed by atoms with van der Waals surface area (Å²) < 4.78 is 1.10. The third-order valence-corrected chi connectivity index (χ3v) is 4.52. The molecule has 134 valence electrons. The molecule has 0 radical (unpaired) electrons. The van der Waals surface area contributed by atoms with Gasteiger partial charge in [-0.2, -0.15) is 0 Å². The maximum atomic E-state index is 11.6. The molecule has 0 aromatic heterocycles. The third kappa shape index (κ3) is 7.38. The Morgan fingerprint density at radius 2 is 2.08 bits per heavy atom. The van der Waals surface area contributed by atoms with Gasteiger partial charge in [-0.05, 0) is 30.9 Å². The van der Waals surface area contributed by atoms with Gasteiger partial charge >= 0.3 is 0 Å². The number of hydrogen-bond acceptors (Lipinski definition) is 2. The number of amides is 1. The van der Waals surface area contributed by atoms with Crippen molar-refractivity contribution in [3.8, 4) is 0 Å². The first-order valence-corrected chi connectivity index (χ1v) is 8.84. The van der Waals surface area contributed by atoms with Crippen molar-refractivity contribution in [1.82, 2.24) is 15.5 Å². The molecule has 0 atom stereocenters. The number of nitrogens with one attached hydrogen (secondary N) is 2. The Morgan fingerprint density at radius 3 is 2.71 bits per heavy atom. The maximum Gasteiger partial charge on any atom is 0.220 e. The molecule has 1 aliphatic carbocycles. The van der Waals surface area contributed by atoms with Crippen LogP contribution in [0.25, 0.3) is 0 Å². The summed E-state index contributed by atoms with van der Waals surface area (Å²) in [5.74, 6) is 0.995. The van der Waals surface area contributed by atoms with Crippen molar-refractivity contribution >= 4 is 51.8 Å². The minimum Gasteiger partial charge on any atom is -0.356 e. The van der Waals surface area contributed by atoms with E-state index in [1.54, 1.807) is 7.05 Å². The van der Waals surface area contributed by atoms with Gasteiger partial charge < -0.3 is 15.5 Å². The van der Waals surface area contributed by atoms with Crippen molar-refractivity contribution in [2.75, 3.05) is 20.6 Å². The fourth-order valence-electron chi connectivity index (χ4n) is 2.32. The summed E-state index contributed by atoms with van der Waals surface area (Å²) in [5, 5.41) is 6.32. The first-order valence-electron chi connectivity index (χ1n) is 8.04. The van der Waals surface area contributed by atoms with Gasteiger partial charge in [-0.15, -0.1) is 24.0 Å². The number of guanidine groups is 1. The predicted octanol–water partition coefficient (Wildman–Crippen LogP) is 3.13. The van der Waals surface area contributed by atoms with E-state index in [9.17, 15) is 4.79 Å².